The third kappa shape index (κ3) is 0.565. The van der Waals surface area contributed by atoms with Gasteiger partial charge in [-0.2, -0.15) is 0 Å². The fourth-order valence-electron chi connectivity index (χ4n) is 1.54. The third-order valence-corrected chi connectivity index (χ3v) is 2.27. The highest BCUT2D eigenvalue weighted by Gasteiger charge is 2.31. The first kappa shape index (κ1) is 4.77. The van der Waals surface area contributed by atoms with E-state index in [1.165, 1.54) is 26.1 Å². The molecule has 0 saturated carbocycles. The van der Waals surface area contributed by atoms with Gasteiger partial charge in [0.2, 0.25) is 0 Å². The minimum absolute atomic E-state index is 0.823. The number of fused-ring (bicyclic) bond motifs is 1. The molecule has 2 N–H and O–H groups in total. The maximum absolute atomic E-state index is 3.38. The van der Waals surface area contributed by atoms with Gasteiger partial charge >= 0.3 is 0 Å². The average Bonchev–Trinajstić information content (AvgIpc) is 1.72. The highest BCUT2D eigenvalue weighted by Crippen LogP contribution is 2.18. The summed E-state index contributed by atoms with van der Waals surface area (Å²) in [5.41, 5.74) is 0. The molecule has 0 aromatic rings. The lowest BCUT2D eigenvalue weighted by molar-refractivity contribution is 0.180. The van der Waals surface area contributed by atoms with Gasteiger partial charge in [0.05, 0.1) is 0 Å². The van der Waals surface area contributed by atoms with E-state index in [0.717, 1.165) is 12.0 Å². The number of piperidine rings is 1. The molecule has 2 heterocycles. The van der Waals surface area contributed by atoms with Crippen LogP contribution in [0.1, 0.15) is 6.42 Å². The van der Waals surface area contributed by atoms with Crippen LogP contribution in [0.5, 0.6) is 0 Å². The third-order valence-electron chi connectivity index (χ3n) is 2.27. The van der Waals surface area contributed by atoms with Crippen molar-refractivity contribution in [3.8, 4) is 0 Å². The maximum Gasteiger partial charge on any atom is 0.0233 e. The number of nitrogens with one attached hydrogen (secondary N) is 2. The van der Waals surface area contributed by atoms with Crippen molar-refractivity contribution in [1.29, 1.82) is 0 Å². The second kappa shape index (κ2) is 1.71. The van der Waals surface area contributed by atoms with Crippen molar-refractivity contribution in [2.24, 2.45) is 5.92 Å². The monoisotopic (exact) mass is 112 g/mol. The van der Waals surface area contributed by atoms with Gasteiger partial charge in [-0.05, 0) is 25.4 Å². The SMILES string of the molecule is C1C[C@H]2CNC2CN1. The Kier molecular flexibility index (Phi) is 1.02. The Hall–Kier alpha value is -0.0800. The van der Waals surface area contributed by atoms with E-state index < -0.39 is 0 Å². The van der Waals surface area contributed by atoms with Gasteiger partial charge in [-0.15, -0.1) is 0 Å². The van der Waals surface area contributed by atoms with E-state index in [-0.39, 0.29) is 0 Å². The molecule has 2 saturated heterocycles. The predicted molar refractivity (Wildman–Crippen MR) is 32.8 cm³/mol. The Balaban J connectivity index is 1.92. The van der Waals surface area contributed by atoms with Crippen molar-refractivity contribution in [1.82, 2.24) is 10.6 Å². The van der Waals surface area contributed by atoms with E-state index in [4.69, 9.17) is 0 Å². The molecular formula is C6H12N2. The van der Waals surface area contributed by atoms with Crippen molar-refractivity contribution in [3.05, 3.63) is 0 Å². The van der Waals surface area contributed by atoms with Crippen LogP contribution in [0.3, 0.4) is 0 Å². The summed E-state index contributed by atoms with van der Waals surface area (Å²) in [5.74, 6) is 1.01. The Morgan fingerprint density at radius 3 is 2.62 bits per heavy atom. The van der Waals surface area contributed by atoms with Gasteiger partial charge in [-0.3, -0.25) is 0 Å². The number of rotatable bonds is 0. The molecule has 0 aromatic carbocycles. The first-order chi connectivity index (χ1) is 3.97. The fraction of sp³-hybridized carbons (Fsp3) is 1.00. The highest BCUT2D eigenvalue weighted by atomic mass is 15.1. The van der Waals surface area contributed by atoms with Crippen LogP contribution >= 0.6 is 0 Å². The summed E-state index contributed by atoms with van der Waals surface area (Å²) < 4.78 is 0. The van der Waals surface area contributed by atoms with E-state index in [9.17, 15) is 0 Å². The molecule has 1 unspecified atom stereocenters. The predicted octanol–water partition coefficient (Wildman–Crippen LogP) is -0.432. The number of hydrogen-bond acceptors (Lipinski definition) is 2. The lowest BCUT2D eigenvalue weighted by Crippen LogP contribution is -2.61. The zero-order valence-electron chi connectivity index (χ0n) is 4.98. The molecule has 2 rings (SSSR count). The van der Waals surface area contributed by atoms with Gasteiger partial charge in [0.1, 0.15) is 0 Å². The zero-order chi connectivity index (χ0) is 5.40. The molecule has 2 nitrogen and oxygen atoms in total. The van der Waals surface area contributed by atoms with E-state index in [0.29, 0.717) is 0 Å². The first-order valence-electron chi connectivity index (χ1n) is 3.41. The summed E-state index contributed by atoms with van der Waals surface area (Å²) in [6.07, 6.45) is 1.39. The minimum Gasteiger partial charge on any atom is -0.315 e. The summed E-state index contributed by atoms with van der Waals surface area (Å²) in [4.78, 5) is 0. The van der Waals surface area contributed by atoms with Gasteiger partial charge in [-0.1, -0.05) is 0 Å². The van der Waals surface area contributed by atoms with Crippen molar-refractivity contribution in [2.45, 2.75) is 12.5 Å². The summed E-state index contributed by atoms with van der Waals surface area (Å²) in [5, 5.41) is 6.74. The lowest BCUT2D eigenvalue weighted by atomic mass is 9.86. The highest BCUT2D eigenvalue weighted by molar-refractivity contribution is 4.92. The van der Waals surface area contributed by atoms with Gasteiger partial charge in [-0.25, -0.2) is 0 Å². The Bertz CT molecular complexity index is 80.5. The number of hydrogen-bond donors (Lipinski definition) is 2. The fourth-order valence-corrected chi connectivity index (χ4v) is 1.54. The van der Waals surface area contributed by atoms with Gasteiger partial charge in [0, 0.05) is 12.6 Å². The molecule has 8 heavy (non-hydrogen) atoms. The Morgan fingerprint density at radius 1 is 1.25 bits per heavy atom. The Morgan fingerprint density at radius 2 is 2.25 bits per heavy atom. The molecule has 2 aliphatic heterocycles. The van der Waals surface area contributed by atoms with Crippen LogP contribution in [0.25, 0.3) is 0 Å². The van der Waals surface area contributed by atoms with Crippen LogP contribution in [0.4, 0.5) is 0 Å². The van der Waals surface area contributed by atoms with Crippen molar-refractivity contribution in [3.63, 3.8) is 0 Å². The van der Waals surface area contributed by atoms with Crippen LogP contribution in [0, 0.1) is 5.92 Å². The average molecular weight is 112 g/mol. The second-order valence-electron chi connectivity index (χ2n) is 2.77. The standard InChI is InChI=1S/C6H12N2/c1-2-7-4-6-5(1)3-8-6/h5-8H,1-4H2/t5-,6?/m0/s1. The van der Waals surface area contributed by atoms with E-state index >= 15 is 0 Å². The van der Waals surface area contributed by atoms with Crippen LogP contribution < -0.4 is 10.6 Å². The molecule has 0 aromatic heterocycles. The van der Waals surface area contributed by atoms with E-state index in [1.54, 1.807) is 0 Å². The molecule has 0 radical (unpaired) electrons. The smallest absolute Gasteiger partial charge is 0.0233 e. The summed E-state index contributed by atoms with van der Waals surface area (Å²) >= 11 is 0. The molecule has 0 spiro atoms. The zero-order valence-corrected chi connectivity index (χ0v) is 4.98. The molecule has 2 atom stereocenters. The van der Waals surface area contributed by atoms with Crippen molar-refractivity contribution < 1.29 is 0 Å². The van der Waals surface area contributed by atoms with Crippen LogP contribution in [-0.4, -0.2) is 25.7 Å². The Labute approximate surface area is 49.7 Å². The quantitative estimate of drug-likeness (QED) is 0.444. The molecule has 0 aliphatic carbocycles. The normalized spacial score (nSPS) is 45.0. The largest absolute Gasteiger partial charge is 0.315 e. The first-order valence-corrected chi connectivity index (χ1v) is 3.41. The molecule has 46 valence electrons. The van der Waals surface area contributed by atoms with Crippen LogP contribution in [-0.2, 0) is 0 Å². The summed E-state index contributed by atoms with van der Waals surface area (Å²) in [6.45, 7) is 3.71. The van der Waals surface area contributed by atoms with Crippen LogP contribution in [0.15, 0.2) is 0 Å². The summed E-state index contributed by atoms with van der Waals surface area (Å²) in [6, 6.07) is 0.823. The molecular weight excluding hydrogens is 100 g/mol. The van der Waals surface area contributed by atoms with Crippen molar-refractivity contribution in [2.75, 3.05) is 19.6 Å². The molecule has 0 amide bonds. The van der Waals surface area contributed by atoms with Crippen LogP contribution in [0.2, 0.25) is 0 Å². The van der Waals surface area contributed by atoms with E-state index in [2.05, 4.69) is 10.6 Å². The van der Waals surface area contributed by atoms with Crippen molar-refractivity contribution >= 4 is 0 Å². The lowest BCUT2D eigenvalue weighted by Gasteiger charge is -2.41. The van der Waals surface area contributed by atoms with E-state index in [1.807, 2.05) is 0 Å². The van der Waals surface area contributed by atoms with Gasteiger partial charge < -0.3 is 10.6 Å². The summed E-state index contributed by atoms with van der Waals surface area (Å²) in [7, 11) is 0. The van der Waals surface area contributed by atoms with Gasteiger partial charge in [0.15, 0.2) is 0 Å². The molecule has 0 bridgehead atoms. The second-order valence-corrected chi connectivity index (χ2v) is 2.77. The molecule has 2 heteroatoms. The topological polar surface area (TPSA) is 24.1 Å². The minimum atomic E-state index is 0.823. The molecule has 2 aliphatic rings. The molecule has 2 fully saturated rings. The van der Waals surface area contributed by atoms with Gasteiger partial charge in [0.25, 0.3) is 0 Å². The maximum atomic E-state index is 3.38.